The van der Waals surface area contributed by atoms with E-state index in [2.05, 4.69) is 15.5 Å². The topological polar surface area (TPSA) is 54.9 Å². The van der Waals surface area contributed by atoms with E-state index >= 15 is 0 Å². The number of halogens is 1. The first kappa shape index (κ1) is 10.8. The van der Waals surface area contributed by atoms with E-state index < -0.39 is 0 Å². The predicted octanol–water partition coefficient (Wildman–Crippen LogP) is 2.12. The van der Waals surface area contributed by atoms with Gasteiger partial charge in [-0.2, -0.15) is 10.2 Å². The average molecular weight is 236 g/mol. The predicted molar refractivity (Wildman–Crippen MR) is 63.6 cm³/mol. The van der Waals surface area contributed by atoms with Crippen molar-refractivity contribution < 1.29 is 4.79 Å². The minimum Gasteiger partial charge on any atom is -0.324 e. The van der Waals surface area contributed by atoms with E-state index in [0.717, 1.165) is 16.6 Å². The highest BCUT2D eigenvalue weighted by Crippen LogP contribution is 2.21. The number of hydrogen-bond acceptors (Lipinski definition) is 3. The van der Waals surface area contributed by atoms with Crippen LogP contribution < -0.4 is 5.32 Å². The summed E-state index contributed by atoms with van der Waals surface area (Å²) < 4.78 is 0. The van der Waals surface area contributed by atoms with Crippen molar-refractivity contribution in [2.24, 2.45) is 0 Å². The number of hydrogen-bond donors (Lipinski definition) is 1. The highest BCUT2D eigenvalue weighted by atomic mass is 35.5. The van der Waals surface area contributed by atoms with Gasteiger partial charge in [0.15, 0.2) is 0 Å². The van der Waals surface area contributed by atoms with Crippen LogP contribution in [0.3, 0.4) is 0 Å². The highest BCUT2D eigenvalue weighted by molar-refractivity contribution is 6.29. The van der Waals surface area contributed by atoms with Gasteiger partial charge in [0.1, 0.15) is 5.88 Å². The van der Waals surface area contributed by atoms with Crippen LogP contribution in [0.1, 0.15) is 5.69 Å². The largest absolute Gasteiger partial charge is 0.324 e. The van der Waals surface area contributed by atoms with Crippen LogP contribution in [0.5, 0.6) is 0 Å². The van der Waals surface area contributed by atoms with Crippen molar-refractivity contribution in [1.29, 1.82) is 0 Å². The monoisotopic (exact) mass is 235 g/mol. The number of aromatic nitrogens is 2. The van der Waals surface area contributed by atoms with E-state index in [0.29, 0.717) is 5.69 Å². The Morgan fingerprint density at radius 2 is 2.25 bits per heavy atom. The third-order valence-electron chi connectivity index (χ3n) is 2.15. The number of alkyl halides is 1. The summed E-state index contributed by atoms with van der Waals surface area (Å²) in [5.74, 6) is -0.294. The molecule has 16 heavy (non-hydrogen) atoms. The van der Waals surface area contributed by atoms with E-state index in [4.69, 9.17) is 11.6 Å². The van der Waals surface area contributed by atoms with Crippen LogP contribution >= 0.6 is 11.6 Å². The van der Waals surface area contributed by atoms with Gasteiger partial charge in [0.25, 0.3) is 0 Å². The van der Waals surface area contributed by atoms with Crippen molar-refractivity contribution in [2.45, 2.75) is 6.92 Å². The number of benzene rings is 1. The summed E-state index contributed by atoms with van der Waals surface area (Å²) >= 11 is 5.44. The standard InChI is InChI=1S/C11H10ClN3O/c1-7-5-8-9(13-11(16)6-12)3-2-4-10(8)15-14-7/h2-5H,6H2,1H3,(H,13,16). The average Bonchev–Trinajstić information content (AvgIpc) is 2.29. The second kappa shape index (κ2) is 4.45. The zero-order valence-corrected chi connectivity index (χ0v) is 9.45. The summed E-state index contributed by atoms with van der Waals surface area (Å²) in [6.45, 7) is 1.85. The van der Waals surface area contributed by atoms with Crippen LogP contribution in [-0.2, 0) is 4.79 Å². The third kappa shape index (κ3) is 2.12. The molecule has 0 saturated heterocycles. The molecular formula is C11H10ClN3O. The summed E-state index contributed by atoms with van der Waals surface area (Å²) in [5, 5.41) is 11.6. The van der Waals surface area contributed by atoms with Crippen LogP contribution in [0.2, 0.25) is 0 Å². The molecule has 0 fully saturated rings. The Labute approximate surface area is 97.6 Å². The van der Waals surface area contributed by atoms with Gasteiger partial charge in [-0.25, -0.2) is 0 Å². The Hall–Kier alpha value is -1.68. The third-order valence-corrected chi connectivity index (χ3v) is 2.39. The second-order valence-electron chi connectivity index (χ2n) is 3.41. The van der Waals surface area contributed by atoms with Crippen LogP contribution in [0, 0.1) is 6.92 Å². The van der Waals surface area contributed by atoms with Gasteiger partial charge in [-0.05, 0) is 25.1 Å². The first-order valence-electron chi connectivity index (χ1n) is 4.79. The molecule has 0 bridgehead atoms. The van der Waals surface area contributed by atoms with Crippen LogP contribution in [0.15, 0.2) is 24.3 Å². The molecule has 2 rings (SSSR count). The Morgan fingerprint density at radius 1 is 1.44 bits per heavy atom. The Morgan fingerprint density at radius 3 is 3.00 bits per heavy atom. The molecule has 0 aliphatic heterocycles. The molecule has 0 atom stereocenters. The fraction of sp³-hybridized carbons (Fsp3) is 0.182. The molecule has 0 saturated carbocycles. The van der Waals surface area contributed by atoms with Gasteiger partial charge >= 0.3 is 0 Å². The Balaban J connectivity index is 2.52. The van der Waals surface area contributed by atoms with Crippen molar-refractivity contribution in [1.82, 2.24) is 10.2 Å². The molecule has 5 heteroatoms. The van der Waals surface area contributed by atoms with Gasteiger partial charge in [0, 0.05) is 5.39 Å². The van der Waals surface area contributed by atoms with Gasteiger partial charge in [0.05, 0.1) is 16.9 Å². The van der Waals surface area contributed by atoms with E-state index in [9.17, 15) is 4.79 Å². The lowest BCUT2D eigenvalue weighted by Gasteiger charge is -2.06. The Bertz CT molecular complexity index is 542. The summed E-state index contributed by atoms with van der Waals surface area (Å²) in [4.78, 5) is 11.2. The van der Waals surface area contributed by atoms with Gasteiger partial charge in [-0.3, -0.25) is 4.79 Å². The lowest BCUT2D eigenvalue weighted by molar-refractivity contribution is -0.113. The molecule has 2 aromatic rings. The molecule has 0 aliphatic rings. The molecule has 82 valence electrons. The van der Waals surface area contributed by atoms with Crippen molar-refractivity contribution >= 4 is 34.1 Å². The Kier molecular flexibility index (Phi) is 3.01. The number of carbonyl (C=O) groups is 1. The number of fused-ring (bicyclic) bond motifs is 1. The van der Waals surface area contributed by atoms with Crippen LogP contribution in [0.4, 0.5) is 5.69 Å². The number of aryl methyl sites for hydroxylation is 1. The number of carbonyl (C=O) groups excluding carboxylic acids is 1. The number of anilines is 1. The minimum absolute atomic E-state index is 0.0616. The van der Waals surface area contributed by atoms with Crippen molar-refractivity contribution in [2.75, 3.05) is 11.2 Å². The van der Waals surface area contributed by atoms with Gasteiger partial charge in [-0.15, -0.1) is 11.6 Å². The lowest BCUT2D eigenvalue weighted by Crippen LogP contribution is -2.12. The van der Waals surface area contributed by atoms with Gasteiger partial charge in [-0.1, -0.05) is 6.07 Å². The smallest absolute Gasteiger partial charge is 0.239 e. The highest BCUT2D eigenvalue weighted by Gasteiger charge is 2.05. The SMILES string of the molecule is Cc1cc2c(NC(=O)CCl)cccc2nn1. The number of nitrogens with one attached hydrogen (secondary N) is 1. The molecule has 1 N–H and O–H groups in total. The maximum Gasteiger partial charge on any atom is 0.239 e. The molecule has 0 unspecified atom stereocenters. The summed E-state index contributed by atoms with van der Waals surface area (Å²) in [7, 11) is 0. The molecule has 1 amide bonds. The minimum atomic E-state index is -0.233. The molecule has 1 heterocycles. The summed E-state index contributed by atoms with van der Waals surface area (Å²) in [6.07, 6.45) is 0. The fourth-order valence-corrected chi connectivity index (χ4v) is 1.52. The summed E-state index contributed by atoms with van der Waals surface area (Å²) in [5.41, 5.74) is 2.26. The molecule has 1 aromatic heterocycles. The summed E-state index contributed by atoms with van der Waals surface area (Å²) in [6, 6.07) is 7.36. The molecule has 0 radical (unpaired) electrons. The normalized spacial score (nSPS) is 10.4. The lowest BCUT2D eigenvalue weighted by atomic mass is 10.2. The van der Waals surface area contributed by atoms with Gasteiger partial charge in [0.2, 0.25) is 5.91 Å². The fourth-order valence-electron chi connectivity index (χ4n) is 1.46. The quantitative estimate of drug-likeness (QED) is 0.812. The first-order valence-corrected chi connectivity index (χ1v) is 5.33. The van der Waals surface area contributed by atoms with Crippen LogP contribution in [0.25, 0.3) is 10.9 Å². The van der Waals surface area contributed by atoms with E-state index in [1.807, 2.05) is 31.2 Å². The molecule has 0 aliphatic carbocycles. The molecule has 4 nitrogen and oxygen atoms in total. The van der Waals surface area contributed by atoms with Crippen molar-refractivity contribution in [3.05, 3.63) is 30.0 Å². The van der Waals surface area contributed by atoms with Crippen molar-refractivity contribution in [3.8, 4) is 0 Å². The maximum absolute atomic E-state index is 11.2. The second-order valence-corrected chi connectivity index (χ2v) is 3.67. The van der Waals surface area contributed by atoms with Crippen molar-refractivity contribution in [3.63, 3.8) is 0 Å². The van der Waals surface area contributed by atoms with E-state index in [-0.39, 0.29) is 11.8 Å². The number of nitrogens with zero attached hydrogens (tertiary/aromatic N) is 2. The maximum atomic E-state index is 11.2. The van der Waals surface area contributed by atoms with Crippen LogP contribution in [-0.4, -0.2) is 22.0 Å². The first-order chi connectivity index (χ1) is 7.70. The van der Waals surface area contributed by atoms with Gasteiger partial charge < -0.3 is 5.32 Å². The van der Waals surface area contributed by atoms with E-state index in [1.54, 1.807) is 0 Å². The zero-order chi connectivity index (χ0) is 11.5. The molecular weight excluding hydrogens is 226 g/mol. The number of rotatable bonds is 2. The molecule has 1 aromatic carbocycles. The van der Waals surface area contributed by atoms with E-state index in [1.165, 1.54) is 0 Å². The number of amides is 1. The zero-order valence-electron chi connectivity index (χ0n) is 8.70. The molecule has 0 spiro atoms.